The minimum absolute atomic E-state index is 0.0742. The van der Waals surface area contributed by atoms with Gasteiger partial charge in [-0.2, -0.15) is 0 Å². The normalized spacial score (nSPS) is 13.0. The molecule has 3 aromatic rings. The lowest BCUT2D eigenvalue weighted by Gasteiger charge is -2.07. The van der Waals surface area contributed by atoms with E-state index in [0.29, 0.717) is 0 Å². The van der Waals surface area contributed by atoms with E-state index in [4.69, 9.17) is 10.7 Å². The molecular formula is C15H17N3S. The molecule has 2 aromatic heterocycles. The van der Waals surface area contributed by atoms with Gasteiger partial charge in [-0.3, -0.25) is 4.40 Å². The van der Waals surface area contributed by atoms with Gasteiger partial charge in [-0.25, -0.2) is 4.98 Å². The fraction of sp³-hybridized carbons (Fsp3) is 0.267. The van der Waals surface area contributed by atoms with Crippen LogP contribution in [0.15, 0.2) is 35.8 Å². The Morgan fingerprint density at radius 3 is 2.68 bits per heavy atom. The summed E-state index contributed by atoms with van der Waals surface area (Å²) in [5.41, 5.74) is 10.6. The fourth-order valence-corrected chi connectivity index (χ4v) is 3.08. The lowest BCUT2D eigenvalue weighted by Crippen LogP contribution is -2.04. The van der Waals surface area contributed by atoms with Crippen molar-refractivity contribution in [2.24, 2.45) is 5.73 Å². The predicted molar refractivity (Wildman–Crippen MR) is 80.5 cm³/mol. The summed E-state index contributed by atoms with van der Waals surface area (Å²) in [5.74, 6) is 0. The Balaban J connectivity index is 2.10. The predicted octanol–water partition coefficient (Wildman–Crippen LogP) is 3.64. The molecule has 0 saturated heterocycles. The van der Waals surface area contributed by atoms with Crippen LogP contribution in [0.25, 0.3) is 16.2 Å². The first-order chi connectivity index (χ1) is 9.20. The number of thiazole rings is 1. The molecular weight excluding hydrogens is 254 g/mol. The van der Waals surface area contributed by atoms with Gasteiger partial charge >= 0.3 is 0 Å². The molecule has 1 unspecified atom stereocenters. The molecule has 19 heavy (non-hydrogen) atoms. The highest BCUT2D eigenvalue weighted by Crippen LogP contribution is 2.27. The van der Waals surface area contributed by atoms with Crippen molar-refractivity contribution in [1.29, 1.82) is 0 Å². The first-order valence-corrected chi connectivity index (χ1v) is 7.39. The molecule has 1 aromatic carbocycles. The van der Waals surface area contributed by atoms with E-state index in [1.54, 1.807) is 11.3 Å². The highest BCUT2D eigenvalue weighted by molar-refractivity contribution is 7.15. The van der Waals surface area contributed by atoms with Crippen LogP contribution in [0.1, 0.15) is 31.1 Å². The molecule has 0 amide bonds. The van der Waals surface area contributed by atoms with Gasteiger partial charge in [0.25, 0.3) is 0 Å². The molecule has 3 nitrogen and oxygen atoms in total. The SMILES string of the molecule is CCc1c(-c2ccc(C(C)N)cc2)nc2sccn12. The minimum atomic E-state index is 0.0742. The van der Waals surface area contributed by atoms with E-state index in [1.165, 1.54) is 5.69 Å². The van der Waals surface area contributed by atoms with Crippen molar-refractivity contribution < 1.29 is 0 Å². The van der Waals surface area contributed by atoms with Gasteiger partial charge in [0.15, 0.2) is 4.96 Å². The van der Waals surface area contributed by atoms with E-state index in [-0.39, 0.29) is 6.04 Å². The van der Waals surface area contributed by atoms with E-state index in [0.717, 1.165) is 28.2 Å². The van der Waals surface area contributed by atoms with E-state index < -0.39 is 0 Å². The number of nitrogens with zero attached hydrogens (tertiary/aromatic N) is 2. The minimum Gasteiger partial charge on any atom is -0.324 e. The molecule has 0 spiro atoms. The fourth-order valence-electron chi connectivity index (χ4n) is 2.35. The lowest BCUT2D eigenvalue weighted by atomic mass is 10.0. The summed E-state index contributed by atoms with van der Waals surface area (Å²) in [6.45, 7) is 4.17. The van der Waals surface area contributed by atoms with Crippen molar-refractivity contribution in [2.75, 3.05) is 0 Å². The van der Waals surface area contributed by atoms with Crippen molar-refractivity contribution in [3.63, 3.8) is 0 Å². The number of nitrogens with two attached hydrogens (primary N) is 1. The number of imidazole rings is 1. The number of hydrogen-bond acceptors (Lipinski definition) is 3. The largest absolute Gasteiger partial charge is 0.324 e. The van der Waals surface area contributed by atoms with Gasteiger partial charge in [0, 0.05) is 23.2 Å². The monoisotopic (exact) mass is 271 g/mol. The molecule has 2 N–H and O–H groups in total. The zero-order chi connectivity index (χ0) is 13.4. The Labute approximate surface area is 116 Å². The second kappa shape index (κ2) is 4.79. The smallest absolute Gasteiger partial charge is 0.194 e. The van der Waals surface area contributed by atoms with E-state index >= 15 is 0 Å². The van der Waals surface area contributed by atoms with Crippen LogP contribution < -0.4 is 5.73 Å². The summed E-state index contributed by atoms with van der Waals surface area (Å²) in [6, 6.07) is 8.49. The first kappa shape index (κ1) is 12.4. The van der Waals surface area contributed by atoms with Crippen molar-refractivity contribution in [3.8, 4) is 11.3 Å². The van der Waals surface area contributed by atoms with Crippen LogP contribution in [0.4, 0.5) is 0 Å². The summed E-state index contributed by atoms with van der Waals surface area (Å²) in [4.78, 5) is 5.80. The van der Waals surface area contributed by atoms with Crippen LogP contribution >= 0.6 is 11.3 Å². The molecule has 0 aliphatic heterocycles. The van der Waals surface area contributed by atoms with Gasteiger partial charge in [-0.15, -0.1) is 11.3 Å². The van der Waals surface area contributed by atoms with Gasteiger partial charge in [-0.1, -0.05) is 31.2 Å². The standard InChI is InChI=1S/C15H17N3S/c1-3-13-14(17-15-18(13)8-9-19-15)12-6-4-11(5-7-12)10(2)16/h4-10H,3,16H2,1-2H3. The van der Waals surface area contributed by atoms with Gasteiger partial charge in [0.05, 0.1) is 11.4 Å². The van der Waals surface area contributed by atoms with Crippen LogP contribution in [0.5, 0.6) is 0 Å². The number of rotatable bonds is 3. The molecule has 0 bridgehead atoms. The zero-order valence-corrected chi connectivity index (χ0v) is 11.9. The summed E-state index contributed by atoms with van der Waals surface area (Å²) < 4.78 is 2.18. The third-order valence-electron chi connectivity index (χ3n) is 3.41. The average molecular weight is 271 g/mol. The first-order valence-electron chi connectivity index (χ1n) is 6.51. The Bertz CT molecular complexity index is 692. The summed E-state index contributed by atoms with van der Waals surface area (Å²) in [7, 11) is 0. The number of hydrogen-bond donors (Lipinski definition) is 1. The molecule has 0 aliphatic rings. The molecule has 98 valence electrons. The van der Waals surface area contributed by atoms with E-state index in [9.17, 15) is 0 Å². The Hall–Kier alpha value is -1.65. The molecule has 2 heterocycles. The second-order valence-electron chi connectivity index (χ2n) is 4.73. The van der Waals surface area contributed by atoms with Crippen molar-refractivity contribution >= 4 is 16.3 Å². The van der Waals surface area contributed by atoms with Crippen LogP contribution in [0, 0.1) is 0 Å². The Morgan fingerprint density at radius 2 is 2.05 bits per heavy atom. The maximum absolute atomic E-state index is 5.89. The van der Waals surface area contributed by atoms with Gasteiger partial charge in [0.2, 0.25) is 0 Å². The molecule has 4 heteroatoms. The number of aromatic nitrogens is 2. The number of fused-ring (bicyclic) bond motifs is 1. The van der Waals surface area contributed by atoms with Gasteiger partial charge in [-0.05, 0) is 18.9 Å². The van der Waals surface area contributed by atoms with Crippen LogP contribution in [0.2, 0.25) is 0 Å². The van der Waals surface area contributed by atoms with E-state index in [2.05, 4.69) is 47.2 Å². The summed E-state index contributed by atoms with van der Waals surface area (Å²) in [5, 5.41) is 2.07. The average Bonchev–Trinajstić information content (AvgIpc) is 2.98. The molecule has 1 atom stereocenters. The maximum atomic E-state index is 5.89. The zero-order valence-electron chi connectivity index (χ0n) is 11.1. The van der Waals surface area contributed by atoms with Crippen LogP contribution in [-0.2, 0) is 6.42 Å². The molecule has 0 radical (unpaired) electrons. The lowest BCUT2D eigenvalue weighted by molar-refractivity contribution is 0.818. The maximum Gasteiger partial charge on any atom is 0.194 e. The molecule has 0 saturated carbocycles. The highest BCUT2D eigenvalue weighted by Gasteiger charge is 2.13. The number of benzene rings is 1. The topological polar surface area (TPSA) is 43.3 Å². The third-order valence-corrected chi connectivity index (χ3v) is 4.16. The Kier molecular flexibility index (Phi) is 3.12. The van der Waals surface area contributed by atoms with Crippen LogP contribution in [0.3, 0.4) is 0 Å². The summed E-state index contributed by atoms with van der Waals surface area (Å²) in [6.07, 6.45) is 3.06. The summed E-state index contributed by atoms with van der Waals surface area (Å²) >= 11 is 1.67. The quantitative estimate of drug-likeness (QED) is 0.790. The number of aryl methyl sites for hydroxylation is 1. The van der Waals surface area contributed by atoms with Crippen molar-refractivity contribution in [2.45, 2.75) is 26.3 Å². The van der Waals surface area contributed by atoms with E-state index in [1.807, 2.05) is 6.92 Å². The van der Waals surface area contributed by atoms with Crippen LogP contribution in [-0.4, -0.2) is 9.38 Å². The molecule has 0 aliphatic carbocycles. The molecule has 0 fully saturated rings. The van der Waals surface area contributed by atoms with Crippen molar-refractivity contribution in [1.82, 2.24) is 9.38 Å². The second-order valence-corrected chi connectivity index (χ2v) is 5.60. The third kappa shape index (κ3) is 2.07. The van der Waals surface area contributed by atoms with Gasteiger partial charge < -0.3 is 5.73 Å². The highest BCUT2D eigenvalue weighted by atomic mass is 32.1. The van der Waals surface area contributed by atoms with Crippen molar-refractivity contribution in [3.05, 3.63) is 47.1 Å². The molecule has 3 rings (SSSR count). The Morgan fingerprint density at radius 1 is 1.32 bits per heavy atom. The van der Waals surface area contributed by atoms with Gasteiger partial charge in [0.1, 0.15) is 0 Å².